The zero-order valence-corrected chi connectivity index (χ0v) is 6.21. The SMILES string of the molecule is O=C(N[C@@H]1CCOC1)C1CO1. The van der Waals surface area contributed by atoms with Crippen molar-refractivity contribution >= 4 is 5.91 Å². The maximum absolute atomic E-state index is 11.1. The molecule has 1 unspecified atom stereocenters. The summed E-state index contributed by atoms with van der Waals surface area (Å²) < 4.78 is 9.93. The van der Waals surface area contributed by atoms with Gasteiger partial charge in [-0.15, -0.1) is 0 Å². The molecule has 2 saturated heterocycles. The first-order chi connectivity index (χ1) is 5.36. The summed E-state index contributed by atoms with van der Waals surface area (Å²) in [4.78, 5) is 11.1. The van der Waals surface area contributed by atoms with Gasteiger partial charge >= 0.3 is 0 Å². The fraction of sp³-hybridized carbons (Fsp3) is 0.857. The zero-order chi connectivity index (χ0) is 7.68. The van der Waals surface area contributed by atoms with Crippen LogP contribution < -0.4 is 5.32 Å². The van der Waals surface area contributed by atoms with Crippen LogP contribution >= 0.6 is 0 Å². The minimum atomic E-state index is -0.171. The van der Waals surface area contributed by atoms with Crippen LogP contribution in [-0.2, 0) is 14.3 Å². The van der Waals surface area contributed by atoms with Gasteiger partial charge < -0.3 is 14.8 Å². The third-order valence-corrected chi connectivity index (χ3v) is 1.90. The van der Waals surface area contributed by atoms with E-state index in [2.05, 4.69) is 5.32 Å². The highest BCUT2D eigenvalue weighted by molar-refractivity contribution is 5.83. The van der Waals surface area contributed by atoms with Crippen molar-refractivity contribution in [1.82, 2.24) is 5.32 Å². The standard InChI is InChI=1S/C7H11NO3/c9-7(6-4-11-6)8-5-1-2-10-3-5/h5-6H,1-4H2,(H,8,9)/t5-,6?/m1/s1. The quantitative estimate of drug-likeness (QED) is 0.539. The average Bonchev–Trinajstić information content (AvgIpc) is 2.73. The summed E-state index contributed by atoms with van der Waals surface area (Å²) in [6.45, 7) is 1.99. The highest BCUT2D eigenvalue weighted by Crippen LogP contribution is 2.10. The molecule has 62 valence electrons. The molecule has 0 radical (unpaired) electrons. The van der Waals surface area contributed by atoms with Gasteiger partial charge in [0.25, 0.3) is 5.91 Å². The van der Waals surface area contributed by atoms with Gasteiger partial charge in [0.15, 0.2) is 6.10 Å². The first-order valence-electron chi connectivity index (χ1n) is 3.86. The van der Waals surface area contributed by atoms with E-state index in [-0.39, 0.29) is 18.1 Å². The summed E-state index contributed by atoms with van der Waals surface area (Å²) in [5.41, 5.74) is 0. The Bertz CT molecular complexity index is 161. The third-order valence-electron chi connectivity index (χ3n) is 1.90. The van der Waals surface area contributed by atoms with Gasteiger partial charge in [-0.2, -0.15) is 0 Å². The second-order valence-electron chi connectivity index (χ2n) is 2.89. The molecule has 2 fully saturated rings. The molecule has 2 atom stereocenters. The molecule has 4 nitrogen and oxygen atoms in total. The number of nitrogens with one attached hydrogen (secondary N) is 1. The zero-order valence-electron chi connectivity index (χ0n) is 6.21. The summed E-state index contributed by atoms with van der Waals surface area (Å²) in [5.74, 6) is 0.0144. The normalized spacial score (nSPS) is 35.3. The van der Waals surface area contributed by atoms with E-state index in [4.69, 9.17) is 9.47 Å². The molecule has 0 spiro atoms. The van der Waals surface area contributed by atoms with Crippen LogP contribution in [0.1, 0.15) is 6.42 Å². The molecule has 11 heavy (non-hydrogen) atoms. The second-order valence-corrected chi connectivity index (χ2v) is 2.89. The van der Waals surface area contributed by atoms with Crippen LogP contribution in [0.4, 0.5) is 0 Å². The summed E-state index contributed by atoms with van der Waals surface area (Å²) in [7, 11) is 0. The molecule has 0 aromatic heterocycles. The first-order valence-corrected chi connectivity index (χ1v) is 3.86. The van der Waals surface area contributed by atoms with E-state index in [1.165, 1.54) is 0 Å². The maximum Gasteiger partial charge on any atom is 0.251 e. The first kappa shape index (κ1) is 7.06. The molecule has 2 aliphatic rings. The molecular weight excluding hydrogens is 146 g/mol. The monoisotopic (exact) mass is 157 g/mol. The van der Waals surface area contributed by atoms with Crippen LogP contribution in [0.25, 0.3) is 0 Å². The van der Waals surface area contributed by atoms with Crippen LogP contribution in [0.3, 0.4) is 0 Å². The van der Waals surface area contributed by atoms with Gasteiger partial charge in [-0.25, -0.2) is 0 Å². The number of ether oxygens (including phenoxy) is 2. The largest absolute Gasteiger partial charge is 0.379 e. The van der Waals surface area contributed by atoms with E-state index in [0.29, 0.717) is 13.2 Å². The number of carbonyl (C=O) groups excluding carboxylic acids is 1. The highest BCUT2D eigenvalue weighted by atomic mass is 16.6. The minimum Gasteiger partial charge on any atom is -0.379 e. The number of hydrogen-bond donors (Lipinski definition) is 1. The topological polar surface area (TPSA) is 50.9 Å². The fourth-order valence-corrected chi connectivity index (χ4v) is 1.14. The lowest BCUT2D eigenvalue weighted by molar-refractivity contribution is -0.123. The van der Waals surface area contributed by atoms with E-state index in [0.717, 1.165) is 13.0 Å². The lowest BCUT2D eigenvalue weighted by Gasteiger charge is -2.07. The predicted molar refractivity (Wildman–Crippen MR) is 37.1 cm³/mol. The number of amides is 1. The number of rotatable bonds is 2. The Morgan fingerprint density at radius 1 is 1.45 bits per heavy atom. The van der Waals surface area contributed by atoms with Crippen molar-refractivity contribution in [2.24, 2.45) is 0 Å². The lowest BCUT2D eigenvalue weighted by atomic mass is 10.2. The van der Waals surface area contributed by atoms with E-state index in [1.54, 1.807) is 0 Å². The Balaban J connectivity index is 1.74. The van der Waals surface area contributed by atoms with Crippen molar-refractivity contribution in [3.8, 4) is 0 Å². The van der Waals surface area contributed by atoms with Crippen LogP contribution in [0.15, 0.2) is 0 Å². The van der Waals surface area contributed by atoms with Crippen LogP contribution in [0, 0.1) is 0 Å². The Kier molecular flexibility index (Phi) is 1.79. The molecule has 0 aliphatic carbocycles. The number of hydrogen-bond acceptors (Lipinski definition) is 3. The number of epoxide rings is 1. The van der Waals surface area contributed by atoms with E-state index < -0.39 is 0 Å². The molecule has 4 heteroatoms. The second kappa shape index (κ2) is 2.79. The van der Waals surface area contributed by atoms with Crippen molar-refractivity contribution < 1.29 is 14.3 Å². The highest BCUT2D eigenvalue weighted by Gasteiger charge is 2.33. The summed E-state index contributed by atoms with van der Waals surface area (Å²) in [6, 6.07) is 0.215. The van der Waals surface area contributed by atoms with E-state index >= 15 is 0 Å². The molecule has 0 saturated carbocycles. The van der Waals surface area contributed by atoms with Gasteiger partial charge in [0.1, 0.15) is 0 Å². The van der Waals surface area contributed by atoms with Gasteiger partial charge in [-0.3, -0.25) is 4.79 Å². The molecule has 2 aliphatic heterocycles. The van der Waals surface area contributed by atoms with E-state index in [9.17, 15) is 4.79 Å². The maximum atomic E-state index is 11.1. The summed E-state index contributed by atoms with van der Waals surface area (Å²) in [5, 5.41) is 2.85. The molecular formula is C7H11NO3. The van der Waals surface area contributed by atoms with Crippen molar-refractivity contribution in [2.75, 3.05) is 19.8 Å². The summed E-state index contributed by atoms with van der Waals surface area (Å²) >= 11 is 0. The summed E-state index contributed by atoms with van der Waals surface area (Å²) in [6.07, 6.45) is 0.758. The van der Waals surface area contributed by atoms with Crippen molar-refractivity contribution in [3.63, 3.8) is 0 Å². The van der Waals surface area contributed by atoms with Crippen LogP contribution in [-0.4, -0.2) is 37.9 Å². The number of carbonyl (C=O) groups is 1. The Morgan fingerprint density at radius 3 is 2.82 bits per heavy atom. The molecule has 2 rings (SSSR count). The average molecular weight is 157 g/mol. The minimum absolute atomic E-state index is 0.0144. The molecule has 0 aromatic rings. The molecule has 1 amide bonds. The van der Waals surface area contributed by atoms with Gasteiger partial charge in [0.05, 0.1) is 19.3 Å². The smallest absolute Gasteiger partial charge is 0.251 e. The fourth-order valence-electron chi connectivity index (χ4n) is 1.14. The van der Waals surface area contributed by atoms with Gasteiger partial charge in [0.2, 0.25) is 0 Å². The van der Waals surface area contributed by atoms with Crippen LogP contribution in [0.2, 0.25) is 0 Å². The Hall–Kier alpha value is -0.610. The Labute approximate surface area is 64.9 Å². The molecule has 0 bridgehead atoms. The van der Waals surface area contributed by atoms with Crippen molar-refractivity contribution in [1.29, 1.82) is 0 Å². The Morgan fingerprint density at radius 2 is 2.27 bits per heavy atom. The van der Waals surface area contributed by atoms with E-state index in [1.807, 2.05) is 0 Å². The lowest BCUT2D eigenvalue weighted by Crippen LogP contribution is -2.37. The van der Waals surface area contributed by atoms with Crippen LogP contribution in [0.5, 0.6) is 0 Å². The molecule has 2 heterocycles. The van der Waals surface area contributed by atoms with Gasteiger partial charge in [-0.1, -0.05) is 0 Å². The van der Waals surface area contributed by atoms with Crippen molar-refractivity contribution in [3.05, 3.63) is 0 Å². The molecule has 0 aromatic carbocycles. The van der Waals surface area contributed by atoms with Gasteiger partial charge in [-0.05, 0) is 6.42 Å². The van der Waals surface area contributed by atoms with Crippen molar-refractivity contribution in [2.45, 2.75) is 18.6 Å². The van der Waals surface area contributed by atoms with Gasteiger partial charge in [0, 0.05) is 6.61 Å². The predicted octanol–water partition coefficient (Wildman–Crippen LogP) is -0.710. The third kappa shape index (κ3) is 1.70. The molecule has 1 N–H and O–H groups in total.